The molecule has 0 bridgehead atoms. The molecule has 0 spiro atoms. The van der Waals surface area contributed by atoms with Crippen molar-refractivity contribution in [2.75, 3.05) is 20.2 Å². The van der Waals surface area contributed by atoms with E-state index in [2.05, 4.69) is 18.1 Å². The first-order valence-electron chi connectivity index (χ1n) is 7.71. The molecule has 0 aromatic heterocycles. The summed E-state index contributed by atoms with van der Waals surface area (Å²) < 4.78 is 5.16. The lowest BCUT2D eigenvalue weighted by atomic mass is 10.1. The lowest BCUT2D eigenvalue weighted by Gasteiger charge is -2.16. The van der Waals surface area contributed by atoms with E-state index in [1.54, 1.807) is 13.2 Å². The van der Waals surface area contributed by atoms with Gasteiger partial charge >= 0.3 is 0 Å². The molecule has 0 radical (unpaired) electrons. The average molecular weight is 344 g/mol. The first-order valence-corrected chi connectivity index (χ1v) is 7.71. The van der Waals surface area contributed by atoms with Crippen LogP contribution in [0.3, 0.4) is 0 Å². The number of rotatable bonds is 8. The Kier molecular flexibility index (Phi) is 8.64. The van der Waals surface area contributed by atoms with Gasteiger partial charge in [0.2, 0.25) is 0 Å². The van der Waals surface area contributed by atoms with Gasteiger partial charge in [0.1, 0.15) is 18.8 Å². The molecule has 3 nitrogen and oxygen atoms in total. The van der Waals surface area contributed by atoms with Crippen LogP contribution in [0.1, 0.15) is 22.3 Å². The van der Waals surface area contributed by atoms with Crippen LogP contribution in [-0.4, -0.2) is 26.0 Å². The van der Waals surface area contributed by atoms with E-state index in [0.29, 0.717) is 24.3 Å². The van der Waals surface area contributed by atoms with Crippen molar-refractivity contribution in [1.29, 1.82) is 0 Å². The van der Waals surface area contributed by atoms with E-state index in [4.69, 9.17) is 11.2 Å². The van der Waals surface area contributed by atoms with E-state index >= 15 is 0 Å². The molecule has 1 N–H and O–H groups in total. The van der Waals surface area contributed by atoms with E-state index in [1.165, 1.54) is 10.5 Å². The number of carbonyl (C=O) groups is 1. The van der Waals surface area contributed by atoms with Crippen molar-refractivity contribution in [3.05, 3.63) is 65.7 Å². The number of Topliss-reactive ketones (excluding diaryl/α,β-unsaturated/α-hetero) is 1. The highest BCUT2D eigenvalue weighted by atomic mass is 35.5. The van der Waals surface area contributed by atoms with Gasteiger partial charge in [-0.25, -0.2) is 0 Å². The monoisotopic (exact) mass is 343 g/mol. The summed E-state index contributed by atoms with van der Waals surface area (Å²) >= 11 is 0. The highest BCUT2D eigenvalue weighted by Crippen LogP contribution is 2.13. The molecule has 0 aliphatic heterocycles. The van der Waals surface area contributed by atoms with E-state index < -0.39 is 0 Å². The molecule has 0 fully saturated rings. The molecular formula is C20H22ClNO2. The van der Waals surface area contributed by atoms with Crippen LogP contribution in [0.25, 0.3) is 0 Å². The number of halogens is 1. The van der Waals surface area contributed by atoms with Gasteiger partial charge < -0.3 is 22.0 Å². The van der Waals surface area contributed by atoms with E-state index in [9.17, 15) is 4.79 Å². The standard InChI is InChI=1S/C20H21NO2.ClH/c1-3-13-21(16-17-8-5-4-6-9-17)14-12-20(22)18-10-7-11-19(15-18)23-2;/h1,4-11,15H,12-14,16H2,2H3;1H. The maximum atomic E-state index is 12.4. The zero-order chi connectivity index (χ0) is 16.5. The Morgan fingerprint density at radius 3 is 2.58 bits per heavy atom. The van der Waals surface area contributed by atoms with Crippen LogP contribution >= 0.6 is 0 Å². The molecule has 24 heavy (non-hydrogen) atoms. The van der Waals surface area contributed by atoms with Gasteiger partial charge in [-0.15, -0.1) is 6.42 Å². The summed E-state index contributed by atoms with van der Waals surface area (Å²) in [6, 6.07) is 17.5. The number of methoxy groups -OCH3 is 1. The number of nitrogens with one attached hydrogen (secondary N) is 1. The van der Waals surface area contributed by atoms with Crippen LogP contribution in [0.5, 0.6) is 5.75 Å². The normalized spacial score (nSPS) is 11.0. The summed E-state index contributed by atoms with van der Waals surface area (Å²) in [5, 5.41) is 0. The fraction of sp³-hybridized carbons (Fsp3) is 0.250. The molecule has 1 atom stereocenters. The molecule has 0 aliphatic carbocycles. The first-order chi connectivity index (χ1) is 11.2. The Morgan fingerprint density at radius 2 is 1.92 bits per heavy atom. The number of hydrogen-bond donors (Lipinski definition) is 1. The predicted molar refractivity (Wildman–Crippen MR) is 91.6 cm³/mol. The van der Waals surface area contributed by atoms with Crippen molar-refractivity contribution in [1.82, 2.24) is 0 Å². The largest absolute Gasteiger partial charge is 1.00 e. The number of quaternary nitrogens is 1. The van der Waals surface area contributed by atoms with Crippen LogP contribution < -0.4 is 22.0 Å². The quantitative estimate of drug-likeness (QED) is 0.492. The van der Waals surface area contributed by atoms with Crippen LogP contribution in [-0.2, 0) is 6.54 Å². The minimum absolute atomic E-state index is 0. The summed E-state index contributed by atoms with van der Waals surface area (Å²) in [6.45, 7) is 2.16. The maximum Gasteiger partial charge on any atom is 0.168 e. The van der Waals surface area contributed by atoms with Crippen molar-refractivity contribution in [3.63, 3.8) is 0 Å². The second-order valence-corrected chi connectivity index (χ2v) is 5.45. The molecular weight excluding hydrogens is 322 g/mol. The first kappa shape index (κ1) is 19.8. The number of hydrogen-bond acceptors (Lipinski definition) is 2. The molecule has 0 amide bonds. The Morgan fingerprint density at radius 1 is 1.17 bits per heavy atom. The molecule has 2 aromatic carbocycles. The fourth-order valence-corrected chi connectivity index (χ4v) is 2.50. The third-order valence-corrected chi connectivity index (χ3v) is 3.75. The smallest absolute Gasteiger partial charge is 0.168 e. The zero-order valence-electron chi connectivity index (χ0n) is 13.8. The Labute approximate surface area is 150 Å². The van der Waals surface area contributed by atoms with Crippen molar-refractivity contribution < 1.29 is 26.8 Å². The summed E-state index contributed by atoms with van der Waals surface area (Å²) in [7, 11) is 1.60. The number of carbonyl (C=O) groups excluding carboxylic acids is 1. The predicted octanol–water partition coefficient (Wildman–Crippen LogP) is -1.01. The lowest BCUT2D eigenvalue weighted by Crippen LogP contribution is -3.10. The molecule has 0 heterocycles. The SMILES string of the molecule is C#CC[NH+](CCC(=O)c1cccc(OC)c1)Cc1ccccc1.[Cl-]. The number of terminal acetylenes is 1. The average Bonchev–Trinajstić information content (AvgIpc) is 2.60. The molecule has 126 valence electrons. The lowest BCUT2D eigenvalue weighted by molar-refractivity contribution is -0.906. The Hall–Kier alpha value is -2.28. The molecule has 1 unspecified atom stereocenters. The zero-order valence-corrected chi connectivity index (χ0v) is 14.6. The van der Waals surface area contributed by atoms with E-state index in [1.807, 2.05) is 36.4 Å². The van der Waals surface area contributed by atoms with Crippen LogP contribution in [0.2, 0.25) is 0 Å². The molecule has 2 rings (SSSR count). The van der Waals surface area contributed by atoms with Gasteiger partial charge in [0.05, 0.1) is 20.1 Å². The molecule has 4 heteroatoms. The third-order valence-electron chi connectivity index (χ3n) is 3.75. The van der Waals surface area contributed by atoms with Gasteiger partial charge in [-0.1, -0.05) is 42.5 Å². The van der Waals surface area contributed by atoms with Crippen molar-refractivity contribution >= 4 is 5.78 Å². The minimum Gasteiger partial charge on any atom is -1.00 e. The maximum absolute atomic E-state index is 12.4. The van der Waals surface area contributed by atoms with E-state index in [0.717, 1.165) is 13.1 Å². The van der Waals surface area contributed by atoms with Crippen LogP contribution in [0, 0.1) is 12.3 Å². The fourth-order valence-electron chi connectivity index (χ4n) is 2.50. The topological polar surface area (TPSA) is 30.7 Å². The molecule has 0 saturated heterocycles. The van der Waals surface area contributed by atoms with Gasteiger partial charge in [0.25, 0.3) is 0 Å². The summed E-state index contributed by atoms with van der Waals surface area (Å²) in [5.74, 6) is 3.52. The highest BCUT2D eigenvalue weighted by molar-refractivity contribution is 5.96. The Balaban J connectivity index is 0.00000288. The second kappa shape index (κ2) is 10.5. The Bertz CT molecular complexity index is 680. The van der Waals surface area contributed by atoms with Crippen molar-refractivity contribution in [2.45, 2.75) is 13.0 Å². The van der Waals surface area contributed by atoms with Gasteiger partial charge in [-0.2, -0.15) is 0 Å². The van der Waals surface area contributed by atoms with Gasteiger partial charge in [-0.05, 0) is 18.1 Å². The molecule has 0 aliphatic rings. The summed E-state index contributed by atoms with van der Waals surface area (Å²) in [5.41, 5.74) is 1.91. The number of ketones is 1. The van der Waals surface area contributed by atoms with Gasteiger partial charge in [0.15, 0.2) is 5.78 Å². The van der Waals surface area contributed by atoms with Crippen LogP contribution in [0.15, 0.2) is 54.6 Å². The van der Waals surface area contributed by atoms with E-state index in [-0.39, 0.29) is 18.2 Å². The van der Waals surface area contributed by atoms with Crippen molar-refractivity contribution in [3.8, 4) is 18.1 Å². The van der Waals surface area contributed by atoms with Crippen molar-refractivity contribution in [2.24, 2.45) is 0 Å². The van der Waals surface area contributed by atoms with Gasteiger partial charge in [0, 0.05) is 11.1 Å². The molecule has 2 aromatic rings. The number of benzene rings is 2. The second-order valence-electron chi connectivity index (χ2n) is 5.45. The third kappa shape index (κ3) is 6.08. The number of ether oxygens (including phenoxy) is 1. The summed E-state index contributed by atoms with van der Waals surface area (Å²) in [4.78, 5) is 13.6. The highest BCUT2D eigenvalue weighted by Gasteiger charge is 2.13. The van der Waals surface area contributed by atoms with Crippen LogP contribution in [0.4, 0.5) is 0 Å². The minimum atomic E-state index is 0. The molecule has 0 saturated carbocycles. The summed E-state index contributed by atoms with van der Waals surface area (Å²) in [6.07, 6.45) is 5.94. The van der Waals surface area contributed by atoms with Gasteiger partial charge in [-0.3, -0.25) is 4.79 Å².